The highest BCUT2D eigenvalue weighted by Gasteiger charge is 2.28. The van der Waals surface area contributed by atoms with Crippen LogP contribution in [0.4, 0.5) is 18.9 Å². The molecule has 0 aliphatic carbocycles. The lowest BCUT2D eigenvalue weighted by Crippen LogP contribution is -2.46. The summed E-state index contributed by atoms with van der Waals surface area (Å²) in [7, 11) is -4.43. The predicted octanol–water partition coefficient (Wildman–Crippen LogP) is 1.46. The third kappa shape index (κ3) is 3.50. The normalized spacial score (nSPS) is 15.4. The summed E-state index contributed by atoms with van der Waals surface area (Å²) in [6, 6.07) is 3.05. The predicted molar refractivity (Wildman–Crippen MR) is 102 cm³/mol. The molecule has 160 valence electrons. The van der Waals surface area contributed by atoms with Gasteiger partial charge in [0.25, 0.3) is 6.43 Å². The van der Waals surface area contributed by atoms with Crippen LogP contribution in [0.5, 0.6) is 0 Å². The van der Waals surface area contributed by atoms with Gasteiger partial charge in [-0.1, -0.05) is 11.3 Å². The van der Waals surface area contributed by atoms with Gasteiger partial charge >= 0.3 is 0 Å². The second kappa shape index (κ2) is 7.52. The second-order valence-corrected chi connectivity index (χ2v) is 9.09. The second-order valence-electron chi connectivity index (χ2n) is 6.55. The van der Waals surface area contributed by atoms with E-state index in [1.165, 1.54) is 21.4 Å². The van der Waals surface area contributed by atoms with Crippen LogP contribution in [0.15, 0.2) is 23.2 Å². The average Bonchev–Trinajstić information content (AvgIpc) is 3.33. The number of nitrogens with zero attached hydrogens (tertiary/aromatic N) is 5. The first-order valence-corrected chi connectivity index (χ1v) is 11.0. The molecule has 3 aromatic heterocycles. The molecule has 0 atom stereocenters. The van der Waals surface area contributed by atoms with E-state index in [9.17, 15) is 22.0 Å². The first-order chi connectivity index (χ1) is 14.2. The van der Waals surface area contributed by atoms with Gasteiger partial charge in [0.15, 0.2) is 15.8 Å². The van der Waals surface area contributed by atoms with Gasteiger partial charge in [0.2, 0.25) is 16.4 Å². The van der Waals surface area contributed by atoms with Crippen molar-refractivity contribution in [1.29, 1.82) is 0 Å². The molecular formula is C16H15F3N6O3S2. The fraction of sp³-hybridized carbons (Fsp3) is 0.312. The number of hydrogen-bond donors (Lipinski definition) is 1. The molecule has 0 aromatic carbocycles. The maximum absolute atomic E-state index is 15.3. The standard InChI is InChI=1S/C16H15F3N6O3S2/c17-12-11(30(20,27)28)7-25-9(13(12)24-5-3-23(8-26)4-6-24)1-2-10(25)15-21-22-16(29-15)14(18)19/h1-2,7-8,14H,3-6H2,(H2,20,27,28). The first-order valence-electron chi connectivity index (χ1n) is 8.63. The molecule has 1 aliphatic rings. The van der Waals surface area contributed by atoms with Crippen LogP contribution in [0.3, 0.4) is 0 Å². The van der Waals surface area contributed by atoms with E-state index in [0.717, 1.165) is 6.20 Å². The van der Waals surface area contributed by atoms with Gasteiger partial charge < -0.3 is 14.2 Å². The smallest absolute Gasteiger partial charge is 0.291 e. The fourth-order valence-electron chi connectivity index (χ4n) is 3.33. The third-order valence-corrected chi connectivity index (χ3v) is 6.61. The lowest BCUT2D eigenvalue weighted by atomic mass is 10.2. The van der Waals surface area contributed by atoms with Crippen molar-refractivity contribution in [3.05, 3.63) is 29.2 Å². The maximum atomic E-state index is 15.3. The van der Waals surface area contributed by atoms with Gasteiger partial charge in [0.1, 0.15) is 4.90 Å². The van der Waals surface area contributed by atoms with E-state index < -0.39 is 32.2 Å². The van der Waals surface area contributed by atoms with Crippen molar-refractivity contribution in [2.24, 2.45) is 5.14 Å². The molecule has 2 N–H and O–H groups in total. The van der Waals surface area contributed by atoms with Gasteiger partial charge in [0, 0.05) is 32.4 Å². The number of amides is 1. The number of sulfonamides is 1. The number of pyridine rings is 1. The number of aromatic nitrogens is 3. The molecule has 3 aromatic rings. The average molecular weight is 460 g/mol. The zero-order chi connectivity index (χ0) is 21.6. The Hall–Kier alpha value is -2.71. The van der Waals surface area contributed by atoms with Crippen LogP contribution in [-0.2, 0) is 14.8 Å². The summed E-state index contributed by atoms with van der Waals surface area (Å²) in [5, 5.41) is 12.0. The molecule has 0 saturated carbocycles. The van der Waals surface area contributed by atoms with Gasteiger partial charge in [0.05, 0.1) is 16.9 Å². The summed E-state index contributed by atoms with van der Waals surface area (Å²) in [5.74, 6) is -1.01. The largest absolute Gasteiger partial charge is 0.364 e. The van der Waals surface area contributed by atoms with E-state index in [4.69, 9.17) is 5.14 Å². The molecule has 4 rings (SSSR count). The van der Waals surface area contributed by atoms with E-state index in [-0.39, 0.29) is 29.5 Å². The number of fused-ring (bicyclic) bond motifs is 1. The number of halogens is 3. The van der Waals surface area contributed by atoms with E-state index >= 15 is 4.39 Å². The van der Waals surface area contributed by atoms with Crippen LogP contribution in [-0.4, -0.2) is 60.5 Å². The molecular weight excluding hydrogens is 445 g/mol. The molecule has 0 unspecified atom stereocenters. The van der Waals surface area contributed by atoms with Crippen LogP contribution in [0.2, 0.25) is 0 Å². The molecule has 4 heterocycles. The Morgan fingerprint density at radius 3 is 2.43 bits per heavy atom. The minimum atomic E-state index is -4.43. The van der Waals surface area contributed by atoms with Crippen LogP contribution in [0.25, 0.3) is 16.2 Å². The van der Waals surface area contributed by atoms with Gasteiger partial charge in [-0.15, -0.1) is 10.2 Å². The molecule has 0 bridgehead atoms. The maximum Gasteiger partial charge on any atom is 0.291 e. The summed E-state index contributed by atoms with van der Waals surface area (Å²) >= 11 is 0.649. The minimum Gasteiger partial charge on any atom is -0.364 e. The molecule has 1 amide bonds. The molecule has 9 nitrogen and oxygen atoms in total. The Balaban J connectivity index is 1.91. The van der Waals surface area contributed by atoms with Crippen LogP contribution in [0.1, 0.15) is 11.4 Å². The van der Waals surface area contributed by atoms with E-state index in [2.05, 4.69) is 10.2 Å². The SMILES string of the molecule is NS(=O)(=O)c1cn2c(-c3nnc(C(F)F)s3)ccc2c(N2CCN(C=O)CC2)c1F. The monoisotopic (exact) mass is 460 g/mol. The van der Waals surface area contributed by atoms with Crippen molar-refractivity contribution in [2.75, 3.05) is 31.1 Å². The quantitative estimate of drug-likeness (QED) is 0.577. The summed E-state index contributed by atoms with van der Waals surface area (Å²) < 4.78 is 66.4. The Morgan fingerprint density at radius 2 is 1.87 bits per heavy atom. The topological polar surface area (TPSA) is 114 Å². The zero-order valence-corrected chi connectivity index (χ0v) is 16.8. The van der Waals surface area contributed by atoms with Gasteiger partial charge in [-0.05, 0) is 12.1 Å². The van der Waals surface area contributed by atoms with Crippen LogP contribution in [0, 0.1) is 5.82 Å². The summed E-state index contributed by atoms with van der Waals surface area (Å²) in [4.78, 5) is 13.3. The number of carbonyl (C=O) groups excluding carboxylic acids is 1. The minimum absolute atomic E-state index is 0.00285. The number of anilines is 1. The van der Waals surface area contributed by atoms with Crippen molar-refractivity contribution in [3.8, 4) is 10.7 Å². The van der Waals surface area contributed by atoms with Gasteiger partial charge in [-0.3, -0.25) is 4.79 Å². The van der Waals surface area contributed by atoms with Crippen molar-refractivity contribution in [3.63, 3.8) is 0 Å². The first kappa shape index (κ1) is 20.6. The third-order valence-electron chi connectivity index (χ3n) is 4.76. The highest BCUT2D eigenvalue weighted by atomic mass is 32.2. The lowest BCUT2D eigenvalue weighted by molar-refractivity contribution is -0.118. The highest BCUT2D eigenvalue weighted by molar-refractivity contribution is 7.89. The zero-order valence-electron chi connectivity index (χ0n) is 15.2. The summed E-state index contributed by atoms with van der Waals surface area (Å²) in [6.07, 6.45) is -1.11. The molecule has 1 aliphatic heterocycles. The molecule has 1 fully saturated rings. The number of alkyl halides is 2. The highest BCUT2D eigenvalue weighted by Crippen LogP contribution is 2.36. The van der Waals surface area contributed by atoms with E-state index in [0.29, 0.717) is 36.4 Å². The van der Waals surface area contributed by atoms with Crippen molar-refractivity contribution in [2.45, 2.75) is 11.3 Å². The summed E-state index contributed by atoms with van der Waals surface area (Å²) in [6.45, 7) is 1.20. The van der Waals surface area contributed by atoms with Crippen molar-refractivity contribution >= 4 is 39.0 Å². The van der Waals surface area contributed by atoms with Crippen LogP contribution < -0.4 is 10.0 Å². The van der Waals surface area contributed by atoms with Crippen LogP contribution >= 0.6 is 11.3 Å². The number of rotatable bonds is 5. The van der Waals surface area contributed by atoms with E-state index in [1.807, 2.05) is 0 Å². The molecule has 1 saturated heterocycles. The number of nitrogens with two attached hydrogens (primary N) is 1. The molecule has 14 heteroatoms. The van der Waals surface area contributed by atoms with Crippen molar-refractivity contribution in [1.82, 2.24) is 19.5 Å². The Kier molecular flexibility index (Phi) is 5.15. The Morgan fingerprint density at radius 1 is 1.17 bits per heavy atom. The Labute approximate surface area is 172 Å². The molecule has 0 spiro atoms. The molecule has 30 heavy (non-hydrogen) atoms. The van der Waals surface area contributed by atoms with E-state index in [1.54, 1.807) is 4.90 Å². The number of primary sulfonamides is 1. The number of piperazine rings is 1. The lowest BCUT2D eigenvalue weighted by Gasteiger charge is -2.34. The van der Waals surface area contributed by atoms with Gasteiger partial charge in [-0.25, -0.2) is 26.7 Å². The molecule has 0 radical (unpaired) electrons. The van der Waals surface area contributed by atoms with Crippen molar-refractivity contribution < 1.29 is 26.4 Å². The number of hydrogen-bond acceptors (Lipinski definition) is 7. The summed E-state index contributed by atoms with van der Waals surface area (Å²) in [5.41, 5.74) is 0.576. The Bertz CT molecular complexity index is 1220. The van der Waals surface area contributed by atoms with Gasteiger partial charge in [-0.2, -0.15) is 0 Å². The number of carbonyl (C=O) groups is 1. The fourth-order valence-corrected chi connectivity index (χ4v) is 4.65.